The number of aromatic nitrogens is 1. The van der Waals surface area contributed by atoms with E-state index in [-0.39, 0.29) is 0 Å². The summed E-state index contributed by atoms with van der Waals surface area (Å²) in [6, 6.07) is 10.6. The molecule has 1 aromatic heterocycles. The van der Waals surface area contributed by atoms with Crippen LogP contribution >= 0.6 is 0 Å². The van der Waals surface area contributed by atoms with E-state index in [4.69, 9.17) is 10.5 Å². The largest absolute Gasteiger partial charge is 0.491 e. The molecule has 2 rings (SSSR count). The average Bonchev–Trinajstić information content (AvgIpc) is 2.49. The first-order valence-electron chi connectivity index (χ1n) is 6.21. The van der Waals surface area contributed by atoms with E-state index in [9.17, 15) is 4.79 Å². The van der Waals surface area contributed by atoms with E-state index in [0.717, 1.165) is 5.69 Å². The fourth-order valence-electron chi connectivity index (χ4n) is 1.74. The molecule has 0 spiro atoms. The Morgan fingerprint density at radius 2 is 2.15 bits per heavy atom. The van der Waals surface area contributed by atoms with E-state index in [1.54, 1.807) is 24.4 Å². The van der Waals surface area contributed by atoms with Gasteiger partial charge in [0.15, 0.2) is 0 Å². The van der Waals surface area contributed by atoms with E-state index in [1.807, 2.05) is 18.2 Å². The summed E-state index contributed by atoms with van der Waals surface area (Å²) in [5.41, 5.74) is 7.62. The molecule has 0 amide bonds. The zero-order valence-electron chi connectivity index (χ0n) is 11.2. The highest BCUT2D eigenvalue weighted by Crippen LogP contribution is 2.23. The van der Waals surface area contributed by atoms with Crippen molar-refractivity contribution < 1.29 is 14.3 Å². The summed E-state index contributed by atoms with van der Waals surface area (Å²) >= 11 is 0. The van der Waals surface area contributed by atoms with Crippen LogP contribution in [0.5, 0.6) is 5.75 Å². The normalized spacial score (nSPS) is 10.1. The Morgan fingerprint density at radius 3 is 2.80 bits per heavy atom. The predicted octanol–water partition coefficient (Wildman–Crippen LogP) is 2.07. The first-order valence-corrected chi connectivity index (χ1v) is 6.21. The number of carbonyl (C=O) groups excluding carboxylic acids is 1. The van der Waals surface area contributed by atoms with Gasteiger partial charge in [-0.15, -0.1) is 0 Å². The van der Waals surface area contributed by atoms with Gasteiger partial charge in [-0.25, -0.2) is 4.79 Å². The SMILES string of the molecule is COC(=O)c1ccc(OCCc2ccccn2)c(N)c1. The minimum atomic E-state index is -0.420. The maximum absolute atomic E-state index is 11.3. The van der Waals surface area contributed by atoms with Gasteiger partial charge in [0.25, 0.3) is 0 Å². The lowest BCUT2D eigenvalue weighted by molar-refractivity contribution is 0.0601. The van der Waals surface area contributed by atoms with Gasteiger partial charge >= 0.3 is 5.97 Å². The minimum absolute atomic E-state index is 0.405. The van der Waals surface area contributed by atoms with Crippen molar-refractivity contribution in [2.24, 2.45) is 0 Å². The van der Waals surface area contributed by atoms with Crippen LogP contribution in [-0.4, -0.2) is 24.7 Å². The first-order chi connectivity index (χ1) is 9.70. The molecule has 0 aliphatic rings. The van der Waals surface area contributed by atoms with Gasteiger partial charge in [-0.3, -0.25) is 4.98 Å². The van der Waals surface area contributed by atoms with E-state index in [2.05, 4.69) is 9.72 Å². The smallest absolute Gasteiger partial charge is 0.337 e. The minimum Gasteiger partial charge on any atom is -0.491 e. The Bertz CT molecular complexity index is 585. The third-order valence-electron chi connectivity index (χ3n) is 2.77. The summed E-state index contributed by atoms with van der Waals surface area (Å²) in [4.78, 5) is 15.6. The predicted molar refractivity (Wildman–Crippen MR) is 75.6 cm³/mol. The van der Waals surface area contributed by atoms with Crippen molar-refractivity contribution in [3.63, 3.8) is 0 Å². The van der Waals surface area contributed by atoms with Crippen molar-refractivity contribution in [1.82, 2.24) is 4.98 Å². The van der Waals surface area contributed by atoms with Crippen LogP contribution in [0.25, 0.3) is 0 Å². The van der Waals surface area contributed by atoms with Crippen LogP contribution in [0.1, 0.15) is 16.1 Å². The number of rotatable bonds is 5. The second-order valence-corrected chi connectivity index (χ2v) is 4.16. The number of methoxy groups -OCH3 is 1. The lowest BCUT2D eigenvalue weighted by Crippen LogP contribution is -2.06. The average molecular weight is 272 g/mol. The Morgan fingerprint density at radius 1 is 1.30 bits per heavy atom. The van der Waals surface area contributed by atoms with Gasteiger partial charge < -0.3 is 15.2 Å². The number of carbonyl (C=O) groups is 1. The molecule has 0 aliphatic heterocycles. The third kappa shape index (κ3) is 3.47. The molecule has 0 atom stereocenters. The maximum Gasteiger partial charge on any atom is 0.337 e. The topological polar surface area (TPSA) is 74.4 Å². The molecule has 5 heteroatoms. The fraction of sp³-hybridized carbons (Fsp3) is 0.200. The van der Waals surface area contributed by atoms with Crippen molar-refractivity contribution in [2.45, 2.75) is 6.42 Å². The standard InChI is InChI=1S/C15H16N2O3/c1-19-15(18)11-5-6-14(13(16)10-11)20-9-7-12-4-2-3-8-17-12/h2-6,8,10H,7,9,16H2,1H3. The number of nitrogen functional groups attached to an aromatic ring is 1. The summed E-state index contributed by atoms with van der Waals surface area (Å²) in [5, 5.41) is 0. The fourth-order valence-corrected chi connectivity index (χ4v) is 1.74. The molecular weight excluding hydrogens is 256 g/mol. The van der Waals surface area contributed by atoms with Gasteiger partial charge in [0, 0.05) is 18.3 Å². The molecule has 0 saturated carbocycles. The lowest BCUT2D eigenvalue weighted by atomic mass is 10.2. The molecule has 0 aliphatic carbocycles. The molecule has 0 bridgehead atoms. The molecule has 2 aromatic rings. The number of nitrogens with two attached hydrogens (primary N) is 1. The van der Waals surface area contributed by atoms with Gasteiger partial charge in [-0.2, -0.15) is 0 Å². The zero-order valence-corrected chi connectivity index (χ0v) is 11.2. The van der Waals surface area contributed by atoms with E-state index in [1.165, 1.54) is 7.11 Å². The van der Waals surface area contributed by atoms with E-state index >= 15 is 0 Å². The van der Waals surface area contributed by atoms with Gasteiger partial charge in [-0.1, -0.05) is 6.07 Å². The number of benzene rings is 1. The molecule has 1 aromatic carbocycles. The van der Waals surface area contributed by atoms with E-state index in [0.29, 0.717) is 30.0 Å². The Labute approximate surface area is 117 Å². The van der Waals surface area contributed by atoms with Gasteiger partial charge in [0.1, 0.15) is 5.75 Å². The number of anilines is 1. The van der Waals surface area contributed by atoms with Gasteiger partial charge in [-0.05, 0) is 30.3 Å². The van der Waals surface area contributed by atoms with Crippen molar-refractivity contribution >= 4 is 11.7 Å². The van der Waals surface area contributed by atoms with E-state index < -0.39 is 5.97 Å². The van der Waals surface area contributed by atoms with Crippen LogP contribution in [0.15, 0.2) is 42.6 Å². The van der Waals surface area contributed by atoms with Gasteiger partial charge in [0.05, 0.1) is 25.0 Å². The van der Waals surface area contributed by atoms with Crippen molar-refractivity contribution in [3.8, 4) is 5.75 Å². The molecule has 0 unspecified atom stereocenters. The number of pyridine rings is 1. The molecule has 0 radical (unpaired) electrons. The van der Waals surface area contributed by atoms with Crippen LogP contribution in [0, 0.1) is 0 Å². The number of hydrogen-bond acceptors (Lipinski definition) is 5. The Balaban J connectivity index is 1.95. The quantitative estimate of drug-likeness (QED) is 0.666. The van der Waals surface area contributed by atoms with Crippen LogP contribution in [0.3, 0.4) is 0 Å². The Hall–Kier alpha value is -2.56. The van der Waals surface area contributed by atoms with Crippen molar-refractivity contribution in [1.29, 1.82) is 0 Å². The van der Waals surface area contributed by atoms with Crippen molar-refractivity contribution in [2.75, 3.05) is 19.5 Å². The number of hydrogen-bond donors (Lipinski definition) is 1. The summed E-state index contributed by atoms with van der Waals surface area (Å²) < 4.78 is 10.2. The lowest BCUT2D eigenvalue weighted by Gasteiger charge is -2.09. The molecule has 2 N–H and O–H groups in total. The molecule has 0 fully saturated rings. The second kappa shape index (κ2) is 6.56. The monoisotopic (exact) mass is 272 g/mol. The molecule has 20 heavy (non-hydrogen) atoms. The summed E-state index contributed by atoms with van der Waals surface area (Å²) in [7, 11) is 1.33. The number of ether oxygens (including phenoxy) is 2. The second-order valence-electron chi connectivity index (χ2n) is 4.16. The summed E-state index contributed by atoms with van der Waals surface area (Å²) in [6.07, 6.45) is 2.44. The number of esters is 1. The Kier molecular flexibility index (Phi) is 4.55. The molecule has 1 heterocycles. The zero-order chi connectivity index (χ0) is 14.4. The van der Waals surface area contributed by atoms with Crippen molar-refractivity contribution in [3.05, 3.63) is 53.9 Å². The van der Waals surface area contributed by atoms with Crippen LogP contribution in [0.2, 0.25) is 0 Å². The highest BCUT2D eigenvalue weighted by molar-refractivity contribution is 5.90. The molecule has 5 nitrogen and oxygen atoms in total. The third-order valence-corrected chi connectivity index (χ3v) is 2.77. The van der Waals surface area contributed by atoms with Gasteiger partial charge in [0.2, 0.25) is 0 Å². The highest BCUT2D eigenvalue weighted by atomic mass is 16.5. The first kappa shape index (κ1) is 13.9. The molecular formula is C15H16N2O3. The molecule has 0 saturated heterocycles. The molecule has 104 valence electrons. The van der Waals surface area contributed by atoms with Crippen LogP contribution in [0.4, 0.5) is 5.69 Å². The van der Waals surface area contributed by atoms with Crippen LogP contribution < -0.4 is 10.5 Å². The van der Waals surface area contributed by atoms with Crippen LogP contribution in [-0.2, 0) is 11.2 Å². The maximum atomic E-state index is 11.3. The highest BCUT2D eigenvalue weighted by Gasteiger charge is 2.08. The number of nitrogens with zero attached hydrogens (tertiary/aromatic N) is 1. The summed E-state index contributed by atoms with van der Waals surface area (Å²) in [6.45, 7) is 0.471. The summed E-state index contributed by atoms with van der Waals surface area (Å²) in [5.74, 6) is 0.130.